The number of hydrogen-bond acceptors (Lipinski definition) is 4. The number of hydrogen-bond donors (Lipinski definition) is 1. The highest BCUT2D eigenvalue weighted by atomic mass is 32.1. The van der Waals surface area contributed by atoms with E-state index < -0.39 is 0 Å². The van der Waals surface area contributed by atoms with Crippen LogP contribution in [-0.4, -0.2) is 11.5 Å². The molecule has 0 saturated carbocycles. The second-order valence-electron chi connectivity index (χ2n) is 4.44. The SMILES string of the molecule is CCc1ccc(OCc2nc(C)c(CCN)s2)cc1. The van der Waals surface area contributed by atoms with E-state index in [0.29, 0.717) is 13.2 Å². The molecular weight excluding hydrogens is 256 g/mol. The molecule has 0 aliphatic heterocycles. The van der Waals surface area contributed by atoms with Gasteiger partial charge < -0.3 is 10.5 Å². The van der Waals surface area contributed by atoms with E-state index >= 15 is 0 Å². The fourth-order valence-corrected chi connectivity index (χ4v) is 2.88. The normalized spacial score (nSPS) is 10.7. The molecule has 0 atom stereocenters. The molecule has 0 aliphatic carbocycles. The molecule has 1 aromatic heterocycles. The van der Waals surface area contributed by atoms with Gasteiger partial charge in [0.15, 0.2) is 0 Å². The summed E-state index contributed by atoms with van der Waals surface area (Å²) in [6.45, 7) is 5.37. The van der Waals surface area contributed by atoms with E-state index in [-0.39, 0.29) is 0 Å². The van der Waals surface area contributed by atoms with Crippen molar-refractivity contribution in [2.24, 2.45) is 5.73 Å². The molecule has 0 fully saturated rings. The Kier molecular flexibility index (Phi) is 4.93. The van der Waals surface area contributed by atoms with E-state index in [4.69, 9.17) is 10.5 Å². The second kappa shape index (κ2) is 6.68. The molecular formula is C15H20N2OS. The third-order valence-electron chi connectivity index (χ3n) is 3.00. The van der Waals surface area contributed by atoms with E-state index in [2.05, 4.69) is 24.0 Å². The van der Waals surface area contributed by atoms with Crippen molar-refractivity contribution in [1.82, 2.24) is 4.98 Å². The van der Waals surface area contributed by atoms with Crippen LogP contribution in [0.1, 0.15) is 28.1 Å². The fourth-order valence-electron chi connectivity index (χ4n) is 1.88. The molecule has 0 radical (unpaired) electrons. The Morgan fingerprint density at radius 1 is 1.26 bits per heavy atom. The highest BCUT2D eigenvalue weighted by Crippen LogP contribution is 2.20. The molecule has 102 valence electrons. The van der Waals surface area contributed by atoms with Crippen molar-refractivity contribution in [3.8, 4) is 5.75 Å². The Balaban J connectivity index is 1.95. The van der Waals surface area contributed by atoms with E-state index in [0.717, 1.165) is 29.3 Å². The van der Waals surface area contributed by atoms with Crippen LogP contribution in [0.25, 0.3) is 0 Å². The molecule has 2 aromatic rings. The first-order valence-electron chi connectivity index (χ1n) is 6.60. The molecule has 0 bridgehead atoms. The van der Waals surface area contributed by atoms with Gasteiger partial charge in [-0.2, -0.15) is 0 Å². The van der Waals surface area contributed by atoms with Crippen molar-refractivity contribution in [3.63, 3.8) is 0 Å². The van der Waals surface area contributed by atoms with Crippen LogP contribution in [0, 0.1) is 6.92 Å². The minimum absolute atomic E-state index is 0.529. The summed E-state index contributed by atoms with van der Waals surface area (Å²) in [7, 11) is 0. The average molecular weight is 276 g/mol. The summed E-state index contributed by atoms with van der Waals surface area (Å²) in [5, 5.41) is 1.01. The zero-order valence-corrected chi connectivity index (χ0v) is 12.3. The monoisotopic (exact) mass is 276 g/mol. The first-order chi connectivity index (χ1) is 9.22. The Morgan fingerprint density at radius 2 is 2.00 bits per heavy atom. The van der Waals surface area contributed by atoms with Gasteiger partial charge in [-0.1, -0.05) is 19.1 Å². The van der Waals surface area contributed by atoms with Crippen LogP contribution in [0.3, 0.4) is 0 Å². The zero-order valence-electron chi connectivity index (χ0n) is 11.5. The molecule has 0 spiro atoms. The highest BCUT2D eigenvalue weighted by Gasteiger charge is 2.07. The Hall–Kier alpha value is -1.39. The van der Waals surface area contributed by atoms with Crippen molar-refractivity contribution in [3.05, 3.63) is 45.4 Å². The third kappa shape index (κ3) is 3.78. The molecule has 1 aromatic carbocycles. The van der Waals surface area contributed by atoms with Gasteiger partial charge in [-0.05, 0) is 44.0 Å². The summed E-state index contributed by atoms with van der Waals surface area (Å²) < 4.78 is 5.75. The topological polar surface area (TPSA) is 48.1 Å². The van der Waals surface area contributed by atoms with Crippen molar-refractivity contribution in [2.45, 2.75) is 33.3 Å². The minimum atomic E-state index is 0.529. The molecule has 0 aliphatic rings. The summed E-state index contributed by atoms with van der Waals surface area (Å²) in [5.41, 5.74) is 7.98. The largest absolute Gasteiger partial charge is 0.486 e. The first kappa shape index (κ1) is 14.0. The van der Waals surface area contributed by atoms with Crippen molar-refractivity contribution < 1.29 is 4.74 Å². The van der Waals surface area contributed by atoms with Crippen LogP contribution < -0.4 is 10.5 Å². The maximum atomic E-state index is 5.75. The Morgan fingerprint density at radius 3 is 2.63 bits per heavy atom. The maximum Gasteiger partial charge on any atom is 0.140 e. The molecule has 19 heavy (non-hydrogen) atoms. The van der Waals surface area contributed by atoms with E-state index in [1.165, 1.54) is 10.4 Å². The molecule has 0 unspecified atom stereocenters. The van der Waals surface area contributed by atoms with E-state index in [1.807, 2.05) is 19.1 Å². The number of thiazole rings is 1. The van der Waals surface area contributed by atoms with Crippen LogP contribution in [0.4, 0.5) is 0 Å². The molecule has 2 rings (SSSR count). The van der Waals surface area contributed by atoms with Gasteiger partial charge in [0.25, 0.3) is 0 Å². The van der Waals surface area contributed by atoms with Gasteiger partial charge in [-0.25, -0.2) is 4.98 Å². The van der Waals surface area contributed by atoms with Crippen LogP contribution >= 0.6 is 11.3 Å². The number of ether oxygens (including phenoxy) is 1. The molecule has 4 heteroatoms. The second-order valence-corrected chi connectivity index (χ2v) is 5.61. The molecule has 0 amide bonds. The number of nitrogens with two attached hydrogens (primary N) is 1. The summed E-state index contributed by atoms with van der Waals surface area (Å²) in [6, 6.07) is 8.23. The lowest BCUT2D eigenvalue weighted by Gasteiger charge is -2.04. The Bertz CT molecular complexity index is 519. The number of rotatable bonds is 6. The smallest absolute Gasteiger partial charge is 0.140 e. The van der Waals surface area contributed by atoms with Gasteiger partial charge in [0.05, 0.1) is 5.69 Å². The number of benzene rings is 1. The summed E-state index contributed by atoms with van der Waals surface area (Å²) >= 11 is 1.69. The van der Waals surface area contributed by atoms with Gasteiger partial charge in [-0.15, -0.1) is 11.3 Å². The summed E-state index contributed by atoms with van der Waals surface area (Å²) in [6.07, 6.45) is 1.95. The molecule has 0 saturated heterocycles. The Labute approximate surface area is 118 Å². The lowest BCUT2D eigenvalue weighted by Crippen LogP contribution is -2.01. The van der Waals surface area contributed by atoms with Crippen molar-refractivity contribution in [2.75, 3.05) is 6.54 Å². The minimum Gasteiger partial charge on any atom is -0.486 e. The lowest BCUT2D eigenvalue weighted by atomic mass is 10.2. The van der Waals surface area contributed by atoms with Gasteiger partial charge in [0.2, 0.25) is 0 Å². The van der Waals surface area contributed by atoms with Crippen molar-refractivity contribution in [1.29, 1.82) is 0 Å². The third-order valence-corrected chi connectivity index (χ3v) is 4.19. The van der Waals surface area contributed by atoms with E-state index in [9.17, 15) is 0 Å². The standard InChI is InChI=1S/C15H20N2OS/c1-3-12-4-6-13(7-5-12)18-10-15-17-11(2)14(19-15)8-9-16/h4-7H,3,8-10,16H2,1-2H3. The quantitative estimate of drug-likeness (QED) is 0.882. The average Bonchev–Trinajstić information content (AvgIpc) is 2.78. The predicted octanol–water partition coefficient (Wildman–Crippen LogP) is 3.09. The number of aryl methyl sites for hydroxylation is 2. The molecule has 3 nitrogen and oxygen atoms in total. The summed E-state index contributed by atoms with van der Waals surface area (Å²) in [5.74, 6) is 0.894. The van der Waals surface area contributed by atoms with Gasteiger partial charge in [-0.3, -0.25) is 0 Å². The predicted molar refractivity (Wildman–Crippen MR) is 79.8 cm³/mol. The zero-order chi connectivity index (χ0) is 13.7. The van der Waals surface area contributed by atoms with Crippen molar-refractivity contribution >= 4 is 11.3 Å². The number of aromatic nitrogens is 1. The fraction of sp³-hybridized carbons (Fsp3) is 0.400. The van der Waals surface area contributed by atoms with Gasteiger partial charge >= 0.3 is 0 Å². The van der Waals surface area contributed by atoms with Crippen LogP contribution in [0.5, 0.6) is 5.75 Å². The van der Waals surface area contributed by atoms with Gasteiger partial charge in [0.1, 0.15) is 17.4 Å². The lowest BCUT2D eigenvalue weighted by molar-refractivity contribution is 0.305. The van der Waals surface area contributed by atoms with Crippen LogP contribution in [0.15, 0.2) is 24.3 Å². The van der Waals surface area contributed by atoms with Gasteiger partial charge in [0, 0.05) is 4.88 Å². The highest BCUT2D eigenvalue weighted by molar-refractivity contribution is 7.11. The molecule has 1 heterocycles. The van der Waals surface area contributed by atoms with Crippen LogP contribution in [-0.2, 0) is 19.4 Å². The summed E-state index contributed by atoms with van der Waals surface area (Å²) in [4.78, 5) is 5.78. The first-order valence-corrected chi connectivity index (χ1v) is 7.41. The molecule has 2 N–H and O–H groups in total. The maximum absolute atomic E-state index is 5.75. The van der Waals surface area contributed by atoms with E-state index in [1.54, 1.807) is 11.3 Å². The van der Waals surface area contributed by atoms with Crippen LogP contribution in [0.2, 0.25) is 0 Å². The number of nitrogens with zero attached hydrogens (tertiary/aromatic N) is 1.